The number of aliphatic carboxylic acids is 1. The van der Waals surface area contributed by atoms with Gasteiger partial charge < -0.3 is 33.7 Å². The van der Waals surface area contributed by atoms with Crippen molar-refractivity contribution in [2.24, 2.45) is 0 Å². The number of piperidine rings is 1. The molecule has 2 saturated heterocycles. The Morgan fingerprint density at radius 3 is 2.60 bits per heavy atom. The van der Waals surface area contributed by atoms with Gasteiger partial charge in [-0.2, -0.15) is 0 Å². The number of carboxylic acid groups (broad SMARTS) is 1. The summed E-state index contributed by atoms with van der Waals surface area (Å²) in [6, 6.07) is 2.93. The van der Waals surface area contributed by atoms with Crippen molar-refractivity contribution in [2.45, 2.75) is 95.6 Å². The molecule has 11 heteroatoms. The number of nitrogens with zero attached hydrogens (tertiary/aromatic N) is 2. The zero-order valence-corrected chi connectivity index (χ0v) is 24.6. The van der Waals surface area contributed by atoms with E-state index < -0.39 is 24.6 Å². The number of ether oxygens (including phenoxy) is 5. The molecule has 0 spiro atoms. The lowest BCUT2D eigenvalue weighted by molar-refractivity contribution is -0.198. The summed E-state index contributed by atoms with van der Waals surface area (Å²) in [4.78, 5) is 41.7. The first-order chi connectivity index (χ1) is 20.4. The molecule has 3 aliphatic heterocycles. The fraction of sp³-hybridized carbons (Fsp3) is 0.645. The fourth-order valence-electron chi connectivity index (χ4n) is 5.78. The maximum atomic E-state index is 14.0. The largest absolute Gasteiger partial charge is 0.493 e. The Morgan fingerprint density at radius 1 is 1.07 bits per heavy atom. The summed E-state index contributed by atoms with van der Waals surface area (Å²) in [5.74, 6) is -0.168. The number of amides is 2. The Morgan fingerprint density at radius 2 is 1.86 bits per heavy atom. The van der Waals surface area contributed by atoms with Crippen molar-refractivity contribution in [3.05, 3.63) is 30.4 Å². The van der Waals surface area contributed by atoms with E-state index in [9.17, 15) is 14.4 Å². The normalized spacial score (nSPS) is 22.0. The molecule has 4 rings (SSSR count). The van der Waals surface area contributed by atoms with Crippen molar-refractivity contribution >= 4 is 23.7 Å². The van der Waals surface area contributed by atoms with Crippen LogP contribution in [0.4, 0.5) is 10.5 Å². The first-order valence-corrected chi connectivity index (χ1v) is 15.2. The second-order valence-corrected chi connectivity index (χ2v) is 10.9. The molecular formula is C31H44N2O9. The van der Waals surface area contributed by atoms with Crippen LogP contribution in [0.25, 0.3) is 0 Å². The number of anilines is 1. The van der Waals surface area contributed by atoms with Gasteiger partial charge in [0, 0.05) is 25.6 Å². The lowest BCUT2D eigenvalue weighted by Gasteiger charge is -2.42. The van der Waals surface area contributed by atoms with Crippen molar-refractivity contribution in [1.82, 2.24) is 4.90 Å². The average Bonchev–Trinajstić information content (AvgIpc) is 3.09. The fourth-order valence-corrected chi connectivity index (χ4v) is 5.78. The number of rotatable bonds is 14. The van der Waals surface area contributed by atoms with Crippen molar-refractivity contribution in [2.75, 3.05) is 38.4 Å². The first kappa shape index (κ1) is 31.6. The molecule has 0 saturated carbocycles. The maximum Gasteiger partial charge on any atom is 0.416 e. The molecule has 3 atom stereocenters. The summed E-state index contributed by atoms with van der Waals surface area (Å²) >= 11 is 0. The van der Waals surface area contributed by atoms with Crippen LogP contribution in [0.3, 0.4) is 0 Å². The highest BCUT2D eigenvalue weighted by atomic mass is 16.7. The average molecular weight is 589 g/mol. The number of carbonyl (C=O) groups excluding carboxylic acids is 2. The van der Waals surface area contributed by atoms with E-state index in [1.54, 1.807) is 17.0 Å². The molecule has 42 heavy (non-hydrogen) atoms. The van der Waals surface area contributed by atoms with Crippen LogP contribution in [0.2, 0.25) is 0 Å². The van der Waals surface area contributed by atoms with Gasteiger partial charge in [0.1, 0.15) is 6.61 Å². The molecule has 2 fully saturated rings. The van der Waals surface area contributed by atoms with Crippen molar-refractivity contribution in [1.29, 1.82) is 0 Å². The summed E-state index contributed by atoms with van der Waals surface area (Å²) in [5.41, 5.74) is 0.657. The van der Waals surface area contributed by atoms with Gasteiger partial charge in [-0.05, 0) is 57.4 Å². The highest BCUT2D eigenvalue weighted by Gasteiger charge is 2.46. The molecular weight excluding hydrogens is 544 g/mol. The van der Waals surface area contributed by atoms with E-state index in [1.807, 2.05) is 0 Å². The van der Waals surface area contributed by atoms with Gasteiger partial charge in [0.05, 0.1) is 31.0 Å². The lowest BCUT2D eigenvalue weighted by atomic mass is 10.00. The Bertz CT molecular complexity index is 1090. The molecule has 232 valence electrons. The molecule has 0 bridgehead atoms. The second-order valence-electron chi connectivity index (χ2n) is 10.9. The summed E-state index contributed by atoms with van der Waals surface area (Å²) in [5, 5.41) is 8.80. The molecule has 2 amide bonds. The van der Waals surface area contributed by atoms with Crippen LogP contribution in [-0.4, -0.2) is 80.0 Å². The van der Waals surface area contributed by atoms with Crippen molar-refractivity contribution in [3.63, 3.8) is 0 Å². The van der Waals surface area contributed by atoms with Crippen molar-refractivity contribution < 1.29 is 43.2 Å². The van der Waals surface area contributed by atoms with Crippen LogP contribution in [0.5, 0.6) is 11.5 Å². The molecule has 0 radical (unpaired) electrons. The monoisotopic (exact) mass is 588 g/mol. The molecule has 3 aliphatic rings. The van der Waals surface area contributed by atoms with Crippen LogP contribution in [0.1, 0.15) is 87.4 Å². The molecule has 3 heterocycles. The van der Waals surface area contributed by atoms with Crippen molar-refractivity contribution in [3.8, 4) is 11.5 Å². The SMILES string of the molecule is C=CCOC(=O)N1c2cc(OCCCCCCCC(=O)O)c(OC)cc2C(=O)N2CCCC[C@H]2C1OC1CCCCO1. The van der Waals surface area contributed by atoms with Gasteiger partial charge in [0.15, 0.2) is 24.0 Å². The number of benzene rings is 1. The summed E-state index contributed by atoms with van der Waals surface area (Å²) in [6.45, 7) is 5.20. The topological polar surface area (TPSA) is 124 Å². The first-order valence-electron chi connectivity index (χ1n) is 15.2. The predicted octanol–water partition coefficient (Wildman–Crippen LogP) is 5.51. The van der Waals surface area contributed by atoms with E-state index in [2.05, 4.69) is 6.58 Å². The summed E-state index contributed by atoms with van der Waals surface area (Å²) in [7, 11) is 1.52. The quantitative estimate of drug-likeness (QED) is 0.221. The zero-order valence-electron chi connectivity index (χ0n) is 24.6. The van der Waals surface area contributed by atoms with Crippen LogP contribution in [-0.2, 0) is 19.0 Å². The second kappa shape index (κ2) is 15.8. The van der Waals surface area contributed by atoms with E-state index in [0.717, 1.165) is 51.4 Å². The van der Waals surface area contributed by atoms with Crippen LogP contribution >= 0.6 is 0 Å². The third-order valence-electron chi connectivity index (χ3n) is 7.91. The van der Waals surface area contributed by atoms with Crippen LogP contribution < -0.4 is 14.4 Å². The molecule has 2 unspecified atom stereocenters. The van der Waals surface area contributed by atoms with Gasteiger partial charge in [0.25, 0.3) is 5.91 Å². The van der Waals surface area contributed by atoms with E-state index >= 15 is 0 Å². The Kier molecular flexibility index (Phi) is 11.9. The standard InChI is InChI=1S/C31H44N2O9/c1-3-17-41-31(37)33-24-21-26(39-18-11-6-4-5-7-14-27(34)35)25(38-2)20-22(24)29(36)32-16-10-8-13-23(32)30(33)42-28-15-9-12-19-40-28/h3,20-21,23,28,30H,1,4-19H2,2H3,(H,34,35)/t23-,28?,30?/m0/s1. The molecule has 1 aromatic rings. The Hall–Kier alpha value is -3.31. The molecule has 0 aliphatic carbocycles. The third kappa shape index (κ3) is 7.95. The van der Waals surface area contributed by atoms with Gasteiger partial charge in [-0.15, -0.1) is 0 Å². The maximum absolute atomic E-state index is 14.0. The minimum atomic E-state index is -0.817. The van der Waals surface area contributed by atoms with Gasteiger partial charge in [-0.1, -0.05) is 31.9 Å². The van der Waals surface area contributed by atoms with E-state index in [-0.39, 0.29) is 25.0 Å². The molecule has 1 N–H and O–H groups in total. The Balaban J connectivity index is 1.63. The number of fused-ring (bicyclic) bond motifs is 2. The van der Waals surface area contributed by atoms with Gasteiger partial charge in [-0.3, -0.25) is 9.59 Å². The molecule has 1 aromatic carbocycles. The number of carbonyl (C=O) groups is 3. The van der Waals surface area contributed by atoms with Crippen LogP contribution in [0, 0.1) is 0 Å². The highest BCUT2D eigenvalue weighted by Crippen LogP contribution is 2.42. The number of unbranched alkanes of at least 4 members (excludes halogenated alkanes) is 4. The third-order valence-corrected chi connectivity index (χ3v) is 7.91. The summed E-state index contributed by atoms with van der Waals surface area (Å²) in [6.07, 6.45) is 8.85. The number of methoxy groups -OCH3 is 1. The Labute approximate surface area is 247 Å². The number of hydrogen-bond acceptors (Lipinski definition) is 8. The van der Waals surface area contributed by atoms with E-state index in [0.29, 0.717) is 61.8 Å². The van der Waals surface area contributed by atoms with Gasteiger partial charge >= 0.3 is 12.1 Å². The highest BCUT2D eigenvalue weighted by molar-refractivity contribution is 6.06. The van der Waals surface area contributed by atoms with E-state index in [1.165, 1.54) is 18.1 Å². The van der Waals surface area contributed by atoms with Gasteiger partial charge in [0.2, 0.25) is 0 Å². The molecule has 0 aromatic heterocycles. The van der Waals surface area contributed by atoms with Crippen LogP contribution in [0.15, 0.2) is 24.8 Å². The number of hydrogen-bond donors (Lipinski definition) is 1. The van der Waals surface area contributed by atoms with Gasteiger partial charge in [-0.25, -0.2) is 9.69 Å². The smallest absolute Gasteiger partial charge is 0.416 e. The lowest BCUT2D eigenvalue weighted by Crippen LogP contribution is -2.57. The summed E-state index contributed by atoms with van der Waals surface area (Å²) < 4.78 is 29.7. The molecule has 11 nitrogen and oxygen atoms in total. The minimum absolute atomic E-state index is 0.00557. The zero-order chi connectivity index (χ0) is 29.9. The number of carboxylic acids is 1. The minimum Gasteiger partial charge on any atom is -0.493 e. The van der Waals surface area contributed by atoms with E-state index in [4.69, 9.17) is 28.8 Å². The predicted molar refractivity (Wildman–Crippen MR) is 155 cm³/mol.